The lowest BCUT2D eigenvalue weighted by Gasteiger charge is -2.35. The number of anilines is 1. The first kappa shape index (κ1) is 12.8. The lowest BCUT2D eigenvalue weighted by atomic mass is 9.99. The highest BCUT2D eigenvalue weighted by Gasteiger charge is 2.24. The Morgan fingerprint density at radius 1 is 1.47 bits per heavy atom. The number of rotatable bonds is 4. The molecule has 0 aromatic carbocycles. The van der Waals surface area contributed by atoms with Crippen molar-refractivity contribution in [3.8, 4) is 0 Å². The molecule has 1 aromatic rings. The fourth-order valence-electron chi connectivity index (χ4n) is 2.61. The Balaban J connectivity index is 2.17. The summed E-state index contributed by atoms with van der Waals surface area (Å²) in [5, 5.41) is 1.20. The summed E-state index contributed by atoms with van der Waals surface area (Å²) >= 11 is 1.79. The van der Waals surface area contributed by atoms with Crippen molar-refractivity contribution < 1.29 is 0 Å². The van der Waals surface area contributed by atoms with E-state index in [9.17, 15) is 0 Å². The molecule has 0 saturated carbocycles. The summed E-state index contributed by atoms with van der Waals surface area (Å²) < 4.78 is 0. The minimum absolute atomic E-state index is 0.621. The maximum absolute atomic E-state index is 5.74. The third-order valence-corrected chi connectivity index (χ3v) is 4.78. The fourth-order valence-corrected chi connectivity index (χ4v) is 3.65. The SMILES string of the molecule is CCCC1CCCCN1c1nc(C)c(CN)s1. The molecule has 0 aliphatic carbocycles. The van der Waals surface area contributed by atoms with Gasteiger partial charge in [0.2, 0.25) is 0 Å². The number of nitrogens with zero attached hydrogens (tertiary/aromatic N) is 2. The average Bonchev–Trinajstić information content (AvgIpc) is 2.71. The molecule has 0 bridgehead atoms. The van der Waals surface area contributed by atoms with E-state index in [-0.39, 0.29) is 0 Å². The predicted octanol–water partition coefficient (Wildman–Crippen LogP) is 3.07. The van der Waals surface area contributed by atoms with Crippen molar-refractivity contribution >= 4 is 16.5 Å². The van der Waals surface area contributed by atoms with E-state index in [1.165, 1.54) is 48.7 Å². The molecule has 2 N–H and O–H groups in total. The Morgan fingerprint density at radius 2 is 2.29 bits per heavy atom. The van der Waals surface area contributed by atoms with Gasteiger partial charge in [0.05, 0.1) is 5.69 Å². The van der Waals surface area contributed by atoms with E-state index in [1.807, 2.05) is 0 Å². The topological polar surface area (TPSA) is 42.2 Å². The second-order valence-corrected chi connectivity index (χ2v) is 5.90. The number of thiazole rings is 1. The van der Waals surface area contributed by atoms with Crippen LogP contribution in [0.1, 0.15) is 49.6 Å². The van der Waals surface area contributed by atoms with Crippen LogP contribution in [0.4, 0.5) is 5.13 Å². The van der Waals surface area contributed by atoms with E-state index >= 15 is 0 Å². The van der Waals surface area contributed by atoms with Gasteiger partial charge in [0, 0.05) is 24.0 Å². The first-order valence-corrected chi connectivity index (χ1v) is 7.51. The van der Waals surface area contributed by atoms with Gasteiger partial charge in [-0.15, -0.1) is 11.3 Å². The zero-order valence-corrected chi connectivity index (χ0v) is 11.7. The van der Waals surface area contributed by atoms with Crippen LogP contribution in [0.2, 0.25) is 0 Å². The summed E-state index contributed by atoms with van der Waals surface area (Å²) in [5.41, 5.74) is 6.86. The van der Waals surface area contributed by atoms with Crippen LogP contribution in [-0.4, -0.2) is 17.6 Å². The van der Waals surface area contributed by atoms with Gasteiger partial charge in [0.25, 0.3) is 0 Å². The van der Waals surface area contributed by atoms with E-state index in [4.69, 9.17) is 10.7 Å². The van der Waals surface area contributed by atoms with Gasteiger partial charge in [0.15, 0.2) is 5.13 Å². The molecule has 1 aliphatic rings. The van der Waals surface area contributed by atoms with Crippen molar-refractivity contribution in [1.82, 2.24) is 4.98 Å². The minimum atomic E-state index is 0.621. The quantitative estimate of drug-likeness (QED) is 0.896. The highest BCUT2D eigenvalue weighted by atomic mass is 32.1. The number of hydrogen-bond donors (Lipinski definition) is 1. The largest absolute Gasteiger partial charge is 0.345 e. The third kappa shape index (κ3) is 2.80. The molecule has 4 heteroatoms. The maximum Gasteiger partial charge on any atom is 0.186 e. The average molecular weight is 253 g/mol. The van der Waals surface area contributed by atoms with E-state index < -0.39 is 0 Å². The second kappa shape index (κ2) is 5.83. The molecule has 1 fully saturated rings. The molecule has 1 unspecified atom stereocenters. The van der Waals surface area contributed by atoms with E-state index in [0.29, 0.717) is 12.6 Å². The van der Waals surface area contributed by atoms with Gasteiger partial charge in [-0.25, -0.2) is 4.98 Å². The highest BCUT2D eigenvalue weighted by Crippen LogP contribution is 2.32. The summed E-state index contributed by atoms with van der Waals surface area (Å²) in [6.45, 7) is 6.13. The van der Waals surface area contributed by atoms with E-state index in [1.54, 1.807) is 11.3 Å². The first-order chi connectivity index (χ1) is 8.26. The van der Waals surface area contributed by atoms with Gasteiger partial charge < -0.3 is 10.6 Å². The van der Waals surface area contributed by atoms with Gasteiger partial charge in [-0.2, -0.15) is 0 Å². The van der Waals surface area contributed by atoms with Crippen molar-refractivity contribution in [1.29, 1.82) is 0 Å². The van der Waals surface area contributed by atoms with Crippen LogP contribution in [0.3, 0.4) is 0 Å². The Bertz CT molecular complexity index is 360. The monoisotopic (exact) mass is 253 g/mol. The summed E-state index contributed by atoms with van der Waals surface area (Å²) in [5.74, 6) is 0. The van der Waals surface area contributed by atoms with Gasteiger partial charge in [-0.3, -0.25) is 0 Å². The molecule has 0 radical (unpaired) electrons. The first-order valence-electron chi connectivity index (χ1n) is 6.69. The Hall–Kier alpha value is -0.610. The summed E-state index contributed by atoms with van der Waals surface area (Å²) in [6, 6.07) is 0.699. The highest BCUT2D eigenvalue weighted by molar-refractivity contribution is 7.15. The molecular formula is C13H23N3S. The van der Waals surface area contributed by atoms with Gasteiger partial charge in [0.1, 0.15) is 0 Å². The molecule has 2 heterocycles. The molecule has 1 aliphatic heterocycles. The smallest absolute Gasteiger partial charge is 0.186 e. The molecule has 0 amide bonds. The lowest BCUT2D eigenvalue weighted by Crippen LogP contribution is -2.39. The molecule has 0 spiro atoms. The van der Waals surface area contributed by atoms with Crippen LogP contribution in [0.5, 0.6) is 0 Å². The fraction of sp³-hybridized carbons (Fsp3) is 0.769. The van der Waals surface area contributed by atoms with Crippen molar-refractivity contribution in [3.63, 3.8) is 0 Å². The lowest BCUT2D eigenvalue weighted by molar-refractivity contribution is 0.434. The van der Waals surface area contributed by atoms with E-state index in [0.717, 1.165) is 5.69 Å². The maximum atomic E-state index is 5.74. The van der Waals surface area contributed by atoms with Crippen molar-refractivity contribution in [3.05, 3.63) is 10.6 Å². The predicted molar refractivity (Wildman–Crippen MR) is 74.6 cm³/mol. The van der Waals surface area contributed by atoms with Crippen LogP contribution in [-0.2, 0) is 6.54 Å². The third-order valence-electron chi connectivity index (χ3n) is 3.56. The molecule has 96 valence electrons. The normalized spacial score (nSPS) is 20.9. The van der Waals surface area contributed by atoms with E-state index in [2.05, 4.69) is 18.7 Å². The number of hydrogen-bond acceptors (Lipinski definition) is 4. The van der Waals surface area contributed by atoms with Crippen LogP contribution in [0.25, 0.3) is 0 Å². The Kier molecular flexibility index (Phi) is 4.40. The van der Waals surface area contributed by atoms with Crippen molar-refractivity contribution in [2.75, 3.05) is 11.4 Å². The zero-order chi connectivity index (χ0) is 12.3. The Morgan fingerprint density at radius 3 is 2.94 bits per heavy atom. The molecule has 2 rings (SSSR count). The molecule has 1 atom stereocenters. The molecular weight excluding hydrogens is 230 g/mol. The number of nitrogens with two attached hydrogens (primary N) is 1. The number of piperidine rings is 1. The number of aromatic nitrogens is 1. The van der Waals surface area contributed by atoms with Crippen molar-refractivity contribution in [2.24, 2.45) is 5.73 Å². The second-order valence-electron chi connectivity index (χ2n) is 4.84. The van der Waals surface area contributed by atoms with Crippen molar-refractivity contribution in [2.45, 2.75) is 58.5 Å². The molecule has 1 saturated heterocycles. The van der Waals surface area contributed by atoms with Crippen LogP contribution in [0.15, 0.2) is 0 Å². The summed E-state index contributed by atoms with van der Waals surface area (Å²) in [4.78, 5) is 8.46. The number of aryl methyl sites for hydroxylation is 1. The molecule has 3 nitrogen and oxygen atoms in total. The summed E-state index contributed by atoms with van der Waals surface area (Å²) in [6.07, 6.45) is 6.54. The van der Waals surface area contributed by atoms with Crippen LogP contribution in [0, 0.1) is 6.92 Å². The Labute approximate surface area is 108 Å². The molecule has 1 aromatic heterocycles. The van der Waals surface area contributed by atoms with Gasteiger partial charge >= 0.3 is 0 Å². The summed E-state index contributed by atoms with van der Waals surface area (Å²) in [7, 11) is 0. The molecule has 17 heavy (non-hydrogen) atoms. The van der Waals surface area contributed by atoms with Gasteiger partial charge in [-0.05, 0) is 32.6 Å². The van der Waals surface area contributed by atoms with Gasteiger partial charge in [-0.1, -0.05) is 13.3 Å². The van der Waals surface area contributed by atoms with Crippen LogP contribution >= 0.6 is 11.3 Å². The van der Waals surface area contributed by atoms with Crippen LogP contribution < -0.4 is 10.6 Å². The standard InChI is InChI=1S/C13H23N3S/c1-3-6-11-7-4-5-8-16(11)13-15-10(2)12(9-14)17-13/h11H,3-9,14H2,1-2H3. The minimum Gasteiger partial charge on any atom is -0.345 e. The zero-order valence-electron chi connectivity index (χ0n) is 10.9.